The third kappa shape index (κ3) is 5.57. The number of carbonyl (C=O) groups excluding carboxylic acids is 1. The zero-order valence-corrected chi connectivity index (χ0v) is 17.9. The van der Waals surface area contributed by atoms with Crippen molar-refractivity contribution >= 4 is 5.91 Å². The summed E-state index contributed by atoms with van der Waals surface area (Å²) in [4.78, 5) is 26.9. The van der Waals surface area contributed by atoms with E-state index in [1.807, 2.05) is 4.90 Å². The van der Waals surface area contributed by atoms with Crippen molar-refractivity contribution in [3.05, 3.63) is 51.9 Å². The molecule has 34 heavy (non-hydrogen) atoms. The number of aromatic nitrogens is 1. The van der Waals surface area contributed by atoms with Gasteiger partial charge in [-0.15, -0.1) is 0 Å². The minimum atomic E-state index is -4.85. The number of carbonyl (C=O) groups is 1. The van der Waals surface area contributed by atoms with E-state index >= 15 is 0 Å². The van der Waals surface area contributed by atoms with E-state index in [0.717, 1.165) is 6.07 Å². The highest BCUT2D eigenvalue weighted by Gasteiger charge is 2.36. The Morgan fingerprint density at radius 2 is 1.85 bits per heavy atom. The van der Waals surface area contributed by atoms with Crippen molar-refractivity contribution in [3.8, 4) is 16.9 Å². The van der Waals surface area contributed by atoms with Gasteiger partial charge in [-0.25, -0.2) is 4.39 Å². The Morgan fingerprint density at radius 3 is 2.47 bits per heavy atom. The molecular formula is C22H23F4N3O5. The van der Waals surface area contributed by atoms with Crippen LogP contribution in [0.4, 0.5) is 17.6 Å². The number of ether oxygens (including phenoxy) is 3. The third-order valence-corrected chi connectivity index (χ3v) is 5.56. The molecule has 2 aliphatic rings. The maximum atomic E-state index is 13.5. The van der Waals surface area contributed by atoms with E-state index in [9.17, 15) is 27.2 Å². The van der Waals surface area contributed by atoms with Crippen LogP contribution < -0.4 is 16.0 Å². The number of rotatable bonds is 7. The van der Waals surface area contributed by atoms with Gasteiger partial charge >= 0.3 is 6.18 Å². The van der Waals surface area contributed by atoms with Gasteiger partial charge in [-0.05, 0) is 23.8 Å². The zero-order chi connectivity index (χ0) is 24.5. The maximum absolute atomic E-state index is 13.5. The molecular weight excluding hydrogens is 462 g/mol. The summed E-state index contributed by atoms with van der Waals surface area (Å²) in [5, 5.41) is 0. The summed E-state index contributed by atoms with van der Waals surface area (Å²) >= 11 is 0. The summed E-state index contributed by atoms with van der Waals surface area (Å²) in [5.41, 5.74) is 1.76. The van der Waals surface area contributed by atoms with Crippen LogP contribution in [0.2, 0.25) is 0 Å². The monoisotopic (exact) mass is 485 g/mol. The number of halogens is 4. The summed E-state index contributed by atoms with van der Waals surface area (Å²) in [6.07, 6.45) is -6.19. The summed E-state index contributed by atoms with van der Waals surface area (Å²) in [6.45, 7) is 2.23. The normalized spacial score (nSPS) is 21.8. The van der Waals surface area contributed by atoms with E-state index in [4.69, 9.17) is 19.9 Å². The maximum Gasteiger partial charge on any atom is 0.431 e. The lowest BCUT2D eigenvalue weighted by atomic mass is 10.0. The van der Waals surface area contributed by atoms with Crippen LogP contribution in [0.3, 0.4) is 0 Å². The molecule has 0 radical (unpaired) electrons. The lowest BCUT2D eigenvalue weighted by Crippen LogP contribution is -2.54. The van der Waals surface area contributed by atoms with Crippen molar-refractivity contribution in [2.45, 2.75) is 24.6 Å². The number of aromatic amines is 1. The lowest BCUT2D eigenvalue weighted by Gasteiger charge is -2.39. The number of nitrogens with zero attached hydrogens (tertiary/aromatic N) is 1. The fraction of sp³-hybridized carbons (Fsp3) is 0.455. The van der Waals surface area contributed by atoms with Gasteiger partial charge in [0.1, 0.15) is 35.9 Å². The molecule has 12 heteroatoms. The standard InChI is InChI=1S/C22H23F4N3O5/c23-13-6-29(7-13)8-15-9-32-10-16(34-15)11-33-14-3-1-12(2-4-14)17-5-18(20(27)30)21(31)28-19(17)22(24,25)26/h1-5,13,15-16H,6-11H2,(H2,27,30)(H,28,31). The fourth-order valence-electron chi connectivity index (χ4n) is 3.89. The van der Waals surface area contributed by atoms with Crippen LogP contribution in [0.5, 0.6) is 5.75 Å². The topological polar surface area (TPSA) is 107 Å². The molecule has 3 N–H and O–H groups in total. The number of hydrogen-bond donors (Lipinski definition) is 2. The Morgan fingerprint density at radius 1 is 1.18 bits per heavy atom. The molecule has 2 fully saturated rings. The number of likely N-dealkylation sites (tertiary alicyclic amines) is 1. The second-order valence-electron chi connectivity index (χ2n) is 8.23. The van der Waals surface area contributed by atoms with E-state index in [0.29, 0.717) is 38.6 Å². The molecule has 8 nitrogen and oxygen atoms in total. The molecule has 0 bridgehead atoms. The molecule has 4 rings (SSSR count). The van der Waals surface area contributed by atoms with Crippen LogP contribution in [0.15, 0.2) is 35.1 Å². The van der Waals surface area contributed by atoms with Crippen LogP contribution in [0.1, 0.15) is 16.1 Å². The number of pyridine rings is 1. The largest absolute Gasteiger partial charge is 0.491 e. The molecule has 0 aliphatic carbocycles. The highest BCUT2D eigenvalue weighted by Crippen LogP contribution is 2.35. The Hall–Kier alpha value is -2.96. The first-order valence-electron chi connectivity index (χ1n) is 10.6. The Kier molecular flexibility index (Phi) is 6.91. The summed E-state index contributed by atoms with van der Waals surface area (Å²) < 4.78 is 70.5. The van der Waals surface area contributed by atoms with Crippen LogP contribution in [0.25, 0.3) is 11.1 Å². The van der Waals surface area contributed by atoms with E-state index in [2.05, 4.69) is 0 Å². The number of benzene rings is 1. The molecule has 3 heterocycles. The van der Waals surface area contributed by atoms with E-state index in [1.54, 1.807) is 4.98 Å². The Labute approximate surface area is 191 Å². The summed E-state index contributed by atoms with van der Waals surface area (Å²) in [7, 11) is 0. The Bertz CT molecular complexity index is 1080. The van der Waals surface area contributed by atoms with Gasteiger partial charge < -0.3 is 24.9 Å². The second kappa shape index (κ2) is 9.72. The van der Waals surface area contributed by atoms with Crippen molar-refractivity contribution in [3.63, 3.8) is 0 Å². The Balaban J connectivity index is 1.42. The number of H-pyrrole nitrogens is 1. The quantitative estimate of drug-likeness (QED) is 0.581. The number of alkyl halides is 4. The van der Waals surface area contributed by atoms with Crippen molar-refractivity contribution < 1.29 is 36.6 Å². The van der Waals surface area contributed by atoms with E-state index in [1.165, 1.54) is 24.3 Å². The fourth-order valence-corrected chi connectivity index (χ4v) is 3.89. The van der Waals surface area contributed by atoms with Gasteiger partial charge in [0.15, 0.2) is 0 Å². The first-order valence-corrected chi connectivity index (χ1v) is 10.6. The first-order chi connectivity index (χ1) is 16.1. The predicted molar refractivity (Wildman–Crippen MR) is 112 cm³/mol. The highest BCUT2D eigenvalue weighted by molar-refractivity contribution is 5.94. The van der Waals surface area contributed by atoms with E-state index in [-0.39, 0.29) is 29.9 Å². The molecule has 184 valence electrons. The van der Waals surface area contributed by atoms with Crippen LogP contribution in [-0.2, 0) is 15.7 Å². The van der Waals surface area contributed by atoms with Gasteiger partial charge in [0, 0.05) is 25.2 Å². The molecule has 0 saturated carbocycles. The summed E-state index contributed by atoms with van der Waals surface area (Å²) in [6, 6.07) is 6.51. The molecule has 1 amide bonds. The molecule has 1 aromatic heterocycles. The van der Waals surface area contributed by atoms with Crippen molar-refractivity contribution in [1.82, 2.24) is 9.88 Å². The third-order valence-electron chi connectivity index (χ3n) is 5.56. The molecule has 2 aromatic rings. The highest BCUT2D eigenvalue weighted by atomic mass is 19.4. The molecule has 1 aromatic carbocycles. The number of amides is 1. The van der Waals surface area contributed by atoms with Gasteiger partial charge in [-0.3, -0.25) is 14.5 Å². The summed E-state index contributed by atoms with van der Waals surface area (Å²) in [5.74, 6) is -0.756. The lowest BCUT2D eigenvalue weighted by molar-refractivity contribution is -0.159. The number of primary amides is 1. The van der Waals surface area contributed by atoms with Gasteiger partial charge in [0.05, 0.1) is 19.3 Å². The van der Waals surface area contributed by atoms with E-state index < -0.39 is 35.1 Å². The van der Waals surface area contributed by atoms with Gasteiger partial charge in [-0.1, -0.05) is 12.1 Å². The second-order valence-corrected chi connectivity index (χ2v) is 8.23. The minimum Gasteiger partial charge on any atom is -0.491 e. The van der Waals surface area contributed by atoms with Crippen LogP contribution in [0, 0.1) is 0 Å². The first kappa shape index (κ1) is 24.2. The van der Waals surface area contributed by atoms with Gasteiger partial charge in [0.25, 0.3) is 11.5 Å². The smallest absolute Gasteiger partial charge is 0.431 e. The number of hydrogen-bond acceptors (Lipinski definition) is 6. The molecule has 2 aliphatic heterocycles. The average Bonchev–Trinajstić information content (AvgIpc) is 2.76. The minimum absolute atomic E-state index is 0.108. The zero-order valence-electron chi connectivity index (χ0n) is 17.9. The number of nitrogens with two attached hydrogens (primary N) is 1. The van der Waals surface area contributed by atoms with Gasteiger partial charge in [0.2, 0.25) is 0 Å². The molecule has 0 spiro atoms. The van der Waals surface area contributed by atoms with Gasteiger partial charge in [-0.2, -0.15) is 13.2 Å². The number of nitrogens with one attached hydrogen (secondary N) is 1. The molecule has 2 unspecified atom stereocenters. The molecule has 2 saturated heterocycles. The predicted octanol–water partition coefficient (Wildman–Crippen LogP) is 1.98. The van der Waals surface area contributed by atoms with Crippen molar-refractivity contribution in [2.75, 3.05) is 39.5 Å². The SMILES string of the molecule is NC(=O)c1cc(-c2ccc(OCC3COCC(CN4CC(F)C4)O3)cc2)c(C(F)(F)F)[nH]c1=O. The van der Waals surface area contributed by atoms with Crippen molar-refractivity contribution in [2.24, 2.45) is 5.73 Å². The van der Waals surface area contributed by atoms with Crippen LogP contribution >= 0.6 is 0 Å². The van der Waals surface area contributed by atoms with Crippen LogP contribution in [-0.4, -0.2) is 73.6 Å². The van der Waals surface area contributed by atoms with Crippen molar-refractivity contribution in [1.29, 1.82) is 0 Å². The average molecular weight is 485 g/mol. The molecule has 2 atom stereocenters.